The first kappa shape index (κ1) is 11.0. The summed E-state index contributed by atoms with van der Waals surface area (Å²) in [7, 11) is 0. The molecule has 1 rings (SSSR count). The van der Waals surface area contributed by atoms with Crippen LogP contribution >= 0.6 is 15.9 Å². The Hall–Kier alpha value is -1.03. The Morgan fingerprint density at radius 2 is 2.36 bits per heavy atom. The van der Waals surface area contributed by atoms with E-state index in [1.54, 1.807) is 6.20 Å². The molecule has 3 nitrogen and oxygen atoms in total. The molecule has 1 atom stereocenters. The SMILES string of the molecule is C=CC(C)Nc1ncc(N)c(C)c1Br. The monoisotopic (exact) mass is 255 g/mol. The largest absolute Gasteiger partial charge is 0.397 e. The second kappa shape index (κ2) is 4.46. The van der Waals surface area contributed by atoms with Crippen LogP contribution in [0.25, 0.3) is 0 Å². The van der Waals surface area contributed by atoms with Crippen LogP contribution in [0.5, 0.6) is 0 Å². The molecule has 1 unspecified atom stereocenters. The summed E-state index contributed by atoms with van der Waals surface area (Å²) in [6.07, 6.45) is 3.47. The molecule has 0 aliphatic heterocycles. The summed E-state index contributed by atoms with van der Waals surface area (Å²) in [6.45, 7) is 7.65. The number of anilines is 2. The van der Waals surface area contributed by atoms with E-state index in [2.05, 4.69) is 32.8 Å². The van der Waals surface area contributed by atoms with Crippen LogP contribution in [-0.4, -0.2) is 11.0 Å². The van der Waals surface area contributed by atoms with Crippen LogP contribution in [-0.2, 0) is 0 Å². The van der Waals surface area contributed by atoms with Crippen LogP contribution < -0.4 is 11.1 Å². The summed E-state index contributed by atoms with van der Waals surface area (Å²) < 4.78 is 0.909. The van der Waals surface area contributed by atoms with Crippen molar-refractivity contribution in [3.63, 3.8) is 0 Å². The van der Waals surface area contributed by atoms with Gasteiger partial charge in [-0.2, -0.15) is 0 Å². The predicted molar refractivity (Wildman–Crippen MR) is 64.4 cm³/mol. The average molecular weight is 256 g/mol. The topological polar surface area (TPSA) is 50.9 Å². The normalized spacial score (nSPS) is 12.2. The fraction of sp³-hybridized carbons (Fsp3) is 0.300. The summed E-state index contributed by atoms with van der Waals surface area (Å²) >= 11 is 3.45. The summed E-state index contributed by atoms with van der Waals surface area (Å²) in [5.41, 5.74) is 7.40. The maximum Gasteiger partial charge on any atom is 0.141 e. The van der Waals surface area contributed by atoms with Gasteiger partial charge in [0.1, 0.15) is 5.82 Å². The maximum absolute atomic E-state index is 5.71. The van der Waals surface area contributed by atoms with Gasteiger partial charge in [0.25, 0.3) is 0 Å². The van der Waals surface area contributed by atoms with Gasteiger partial charge in [0.05, 0.1) is 16.4 Å². The van der Waals surface area contributed by atoms with E-state index in [1.165, 1.54) is 0 Å². The van der Waals surface area contributed by atoms with E-state index in [4.69, 9.17) is 5.73 Å². The van der Waals surface area contributed by atoms with Crippen LogP contribution in [0, 0.1) is 6.92 Å². The number of nitrogens with zero attached hydrogens (tertiary/aromatic N) is 1. The van der Waals surface area contributed by atoms with Crippen molar-refractivity contribution in [1.82, 2.24) is 4.98 Å². The highest BCUT2D eigenvalue weighted by atomic mass is 79.9. The van der Waals surface area contributed by atoms with Crippen LogP contribution in [0.1, 0.15) is 12.5 Å². The number of pyridine rings is 1. The van der Waals surface area contributed by atoms with E-state index in [0.29, 0.717) is 5.69 Å². The van der Waals surface area contributed by atoms with Crippen molar-refractivity contribution in [2.24, 2.45) is 0 Å². The van der Waals surface area contributed by atoms with Gasteiger partial charge in [-0.1, -0.05) is 6.08 Å². The Balaban J connectivity index is 2.99. The lowest BCUT2D eigenvalue weighted by molar-refractivity contribution is 0.979. The predicted octanol–water partition coefficient (Wildman–Crippen LogP) is 2.72. The van der Waals surface area contributed by atoms with Crippen LogP contribution in [0.3, 0.4) is 0 Å². The third-order valence-corrected chi connectivity index (χ3v) is 2.99. The third-order valence-electron chi connectivity index (χ3n) is 2.02. The Bertz CT molecular complexity index is 349. The molecule has 0 spiro atoms. The number of aromatic nitrogens is 1. The molecule has 0 amide bonds. The fourth-order valence-corrected chi connectivity index (χ4v) is 1.41. The molecule has 1 heterocycles. The number of hydrogen-bond acceptors (Lipinski definition) is 3. The zero-order chi connectivity index (χ0) is 10.7. The quantitative estimate of drug-likeness (QED) is 0.817. The van der Waals surface area contributed by atoms with Crippen molar-refractivity contribution < 1.29 is 0 Å². The second-order valence-electron chi connectivity index (χ2n) is 3.17. The Labute approximate surface area is 92.5 Å². The molecule has 0 aromatic carbocycles. The van der Waals surface area contributed by atoms with Crippen molar-refractivity contribution >= 4 is 27.4 Å². The molecule has 1 aromatic rings. The molecule has 0 fully saturated rings. The standard InChI is InChI=1S/C10H14BrN3/c1-4-6(2)14-10-9(11)7(3)8(12)5-13-10/h4-6H,1,12H2,2-3H3,(H,13,14). The van der Waals surface area contributed by atoms with E-state index in [-0.39, 0.29) is 6.04 Å². The number of nitrogens with one attached hydrogen (secondary N) is 1. The van der Waals surface area contributed by atoms with Gasteiger partial charge in [-0.25, -0.2) is 4.98 Å². The fourth-order valence-electron chi connectivity index (χ4n) is 0.967. The molecule has 0 radical (unpaired) electrons. The lowest BCUT2D eigenvalue weighted by Gasteiger charge is -2.13. The lowest BCUT2D eigenvalue weighted by atomic mass is 10.2. The molecule has 0 aliphatic rings. The Kier molecular flexibility index (Phi) is 3.52. The highest BCUT2D eigenvalue weighted by molar-refractivity contribution is 9.10. The third kappa shape index (κ3) is 2.26. The molecule has 76 valence electrons. The second-order valence-corrected chi connectivity index (χ2v) is 3.96. The van der Waals surface area contributed by atoms with E-state index in [9.17, 15) is 0 Å². The summed E-state index contributed by atoms with van der Waals surface area (Å²) in [6, 6.07) is 0.182. The van der Waals surface area contributed by atoms with Crippen LogP contribution in [0.2, 0.25) is 0 Å². The molecule has 0 saturated heterocycles. The van der Waals surface area contributed by atoms with Gasteiger partial charge in [0.2, 0.25) is 0 Å². The van der Waals surface area contributed by atoms with Crippen LogP contribution in [0.4, 0.5) is 11.5 Å². The van der Waals surface area contributed by atoms with Gasteiger partial charge in [0, 0.05) is 6.04 Å². The van der Waals surface area contributed by atoms with Crippen molar-refractivity contribution in [3.05, 3.63) is 28.9 Å². The first-order chi connectivity index (χ1) is 6.56. The summed E-state index contributed by atoms with van der Waals surface area (Å²) in [5.74, 6) is 0.795. The molecule has 1 aromatic heterocycles. The number of nitrogens with two attached hydrogens (primary N) is 1. The smallest absolute Gasteiger partial charge is 0.141 e. The van der Waals surface area contributed by atoms with E-state index >= 15 is 0 Å². The minimum Gasteiger partial charge on any atom is -0.397 e. The van der Waals surface area contributed by atoms with Gasteiger partial charge in [-0.05, 0) is 35.3 Å². The molecule has 0 saturated carbocycles. The molecular formula is C10H14BrN3. The number of hydrogen-bond donors (Lipinski definition) is 2. The van der Waals surface area contributed by atoms with E-state index in [1.807, 2.05) is 19.9 Å². The number of rotatable bonds is 3. The lowest BCUT2D eigenvalue weighted by Crippen LogP contribution is -2.13. The van der Waals surface area contributed by atoms with E-state index in [0.717, 1.165) is 15.9 Å². The highest BCUT2D eigenvalue weighted by Crippen LogP contribution is 2.27. The molecule has 14 heavy (non-hydrogen) atoms. The van der Waals surface area contributed by atoms with Gasteiger partial charge in [0.15, 0.2) is 0 Å². The maximum atomic E-state index is 5.71. The van der Waals surface area contributed by atoms with Crippen molar-refractivity contribution in [1.29, 1.82) is 0 Å². The van der Waals surface area contributed by atoms with Crippen molar-refractivity contribution in [2.45, 2.75) is 19.9 Å². The Morgan fingerprint density at radius 3 is 2.93 bits per heavy atom. The molecule has 0 aliphatic carbocycles. The zero-order valence-electron chi connectivity index (χ0n) is 8.34. The van der Waals surface area contributed by atoms with Gasteiger partial charge in [-0.15, -0.1) is 6.58 Å². The van der Waals surface area contributed by atoms with Gasteiger partial charge in [-0.3, -0.25) is 0 Å². The number of halogens is 1. The summed E-state index contributed by atoms with van der Waals surface area (Å²) in [5, 5.41) is 3.20. The molecule has 4 heteroatoms. The zero-order valence-corrected chi connectivity index (χ0v) is 9.93. The molecule has 0 bridgehead atoms. The van der Waals surface area contributed by atoms with Crippen molar-refractivity contribution in [2.75, 3.05) is 11.1 Å². The average Bonchev–Trinajstić information content (AvgIpc) is 2.19. The minimum atomic E-state index is 0.182. The number of nitrogen functional groups attached to an aromatic ring is 1. The van der Waals surface area contributed by atoms with E-state index < -0.39 is 0 Å². The van der Waals surface area contributed by atoms with Gasteiger partial charge >= 0.3 is 0 Å². The minimum absolute atomic E-state index is 0.182. The van der Waals surface area contributed by atoms with Crippen LogP contribution in [0.15, 0.2) is 23.3 Å². The highest BCUT2D eigenvalue weighted by Gasteiger charge is 2.08. The molecular weight excluding hydrogens is 242 g/mol. The molecule has 3 N–H and O–H groups in total. The summed E-state index contributed by atoms with van der Waals surface area (Å²) in [4.78, 5) is 4.20. The first-order valence-electron chi connectivity index (χ1n) is 4.36. The van der Waals surface area contributed by atoms with Crippen molar-refractivity contribution in [3.8, 4) is 0 Å². The van der Waals surface area contributed by atoms with Gasteiger partial charge < -0.3 is 11.1 Å². The first-order valence-corrected chi connectivity index (χ1v) is 5.15. The Morgan fingerprint density at radius 1 is 1.71 bits per heavy atom.